The van der Waals surface area contributed by atoms with Gasteiger partial charge in [-0.2, -0.15) is 0 Å². The van der Waals surface area contributed by atoms with E-state index in [1.807, 2.05) is 0 Å². The number of hydrogen-bond acceptors (Lipinski definition) is 4. The second-order valence-electron chi connectivity index (χ2n) is 10.1. The van der Waals surface area contributed by atoms with Crippen molar-refractivity contribution in [3.05, 3.63) is 0 Å². The van der Waals surface area contributed by atoms with Crippen molar-refractivity contribution in [2.75, 3.05) is 45.9 Å². The topological polar surface area (TPSA) is 36.0 Å². The summed E-state index contributed by atoms with van der Waals surface area (Å²) in [7, 11) is 0. The molecular weight excluding hydrogens is 350 g/mol. The van der Waals surface area contributed by atoms with Crippen LogP contribution in [0.3, 0.4) is 0 Å². The zero-order valence-corrected chi connectivity index (χ0v) is 19.0. The fourth-order valence-corrected chi connectivity index (χ4v) is 5.68. The molecule has 3 rings (SSSR count). The van der Waals surface area contributed by atoms with Crippen molar-refractivity contribution in [3.8, 4) is 0 Å². The van der Waals surface area contributed by atoms with Gasteiger partial charge in [-0.05, 0) is 85.7 Å². The lowest BCUT2D eigenvalue weighted by atomic mass is 9.77. The molecule has 0 saturated carbocycles. The van der Waals surface area contributed by atoms with Crippen LogP contribution in [0.15, 0.2) is 0 Å². The summed E-state index contributed by atoms with van der Waals surface area (Å²) in [4.78, 5) is 20.4. The Balaban J connectivity index is 1.52. The number of piperidine rings is 2. The van der Waals surface area contributed by atoms with Gasteiger partial charge in [0.25, 0.3) is 0 Å². The van der Waals surface area contributed by atoms with E-state index < -0.39 is 0 Å². The van der Waals surface area contributed by atoms with Crippen LogP contribution in [0.25, 0.3) is 0 Å². The normalized spacial score (nSPS) is 28.1. The van der Waals surface area contributed by atoms with Crippen molar-refractivity contribution < 1.29 is 9.53 Å². The molecule has 3 saturated heterocycles. The summed E-state index contributed by atoms with van der Waals surface area (Å²) in [6.45, 7) is 18.5. The molecule has 3 heterocycles. The Bertz CT molecular complexity index is 508. The van der Waals surface area contributed by atoms with E-state index >= 15 is 0 Å². The fraction of sp³-hybridized carbons (Fsp3) is 0.957. The third kappa shape index (κ3) is 4.91. The highest BCUT2D eigenvalue weighted by atomic mass is 16.5. The Morgan fingerprint density at radius 2 is 1.64 bits per heavy atom. The lowest BCUT2D eigenvalue weighted by Gasteiger charge is -2.50. The number of ether oxygens (including phenoxy) is 1. The predicted octanol–water partition coefficient (Wildman–Crippen LogP) is 3.23. The van der Waals surface area contributed by atoms with Crippen molar-refractivity contribution in [3.63, 3.8) is 0 Å². The van der Waals surface area contributed by atoms with E-state index in [9.17, 15) is 4.79 Å². The Morgan fingerprint density at radius 3 is 2.25 bits per heavy atom. The lowest BCUT2D eigenvalue weighted by molar-refractivity contribution is -0.147. The van der Waals surface area contributed by atoms with Crippen LogP contribution in [-0.4, -0.2) is 84.2 Å². The van der Waals surface area contributed by atoms with Gasteiger partial charge < -0.3 is 9.64 Å². The maximum Gasteiger partial charge on any atom is 0.227 e. The number of hydrogen-bond donors (Lipinski definition) is 0. The molecule has 0 radical (unpaired) electrons. The van der Waals surface area contributed by atoms with E-state index in [-0.39, 0.29) is 11.5 Å². The third-order valence-electron chi connectivity index (χ3n) is 7.72. The average molecular weight is 394 g/mol. The molecule has 1 amide bonds. The van der Waals surface area contributed by atoms with Crippen LogP contribution < -0.4 is 0 Å². The van der Waals surface area contributed by atoms with Gasteiger partial charge in [0.05, 0.1) is 19.1 Å². The van der Waals surface area contributed by atoms with Gasteiger partial charge in [-0.15, -0.1) is 0 Å². The number of amides is 1. The highest BCUT2D eigenvalue weighted by Gasteiger charge is 2.44. The Kier molecular flexibility index (Phi) is 7.43. The molecule has 3 aliphatic heterocycles. The van der Waals surface area contributed by atoms with Crippen LogP contribution in [0.2, 0.25) is 0 Å². The van der Waals surface area contributed by atoms with Crippen LogP contribution >= 0.6 is 0 Å². The highest BCUT2D eigenvalue weighted by molar-refractivity contribution is 5.81. The summed E-state index contributed by atoms with van der Waals surface area (Å²) < 4.78 is 5.50. The van der Waals surface area contributed by atoms with E-state index in [0.717, 1.165) is 64.7 Å². The minimum Gasteiger partial charge on any atom is -0.379 e. The van der Waals surface area contributed by atoms with Gasteiger partial charge in [-0.1, -0.05) is 0 Å². The first-order valence-electron chi connectivity index (χ1n) is 11.7. The molecule has 0 N–H and O–H groups in total. The number of likely N-dealkylation sites (tertiary alicyclic amines) is 2. The molecular formula is C23H43N3O2. The van der Waals surface area contributed by atoms with Gasteiger partial charge in [0, 0.05) is 37.3 Å². The first-order valence-corrected chi connectivity index (χ1v) is 11.7. The van der Waals surface area contributed by atoms with E-state index in [1.165, 1.54) is 19.3 Å². The monoisotopic (exact) mass is 393 g/mol. The number of nitrogens with zero attached hydrogens (tertiary/aromatic N) is 3. The quantitative estimate of drug-likeness (QED) is 0.694. The van der Waals surface area contributed by atoms with Crippen molar-refractivity contribution in [1.82, 2.24) is 14.7 Å². The second kappa shape index (κ2) is 9.44. The van der Waals surface area contributed by atoms with Crippen LogP contribution in [0, 0.1) is 11.8 Å². The summed E-state index contributed by atoms with van der Waals surface area (Å²) in [5, 5.41) is 0. The van der Waals surface area contributed by atoms with Crippen molar-refractivity contribution in [2.24, 2.45) is 11.8 Å². The molecule has 0 aromatic rings. The number of carbonyl (C=O) groups excluding carboxylic acids is 1. The molecule has 0 aromatic carbocycles. The Morgan fingerprint density at radius 1 is 1.00 bits per heavy atom. The summed E-state index contributed by atoms with van der Waals surface area (Å²) in [6, 6.07) is 0.978. The van der Waals surface area contributed by atoms with Crippen LogP contribution in [0.1, 0.15) is 66.7 Å². The molecule has 3 aliphatic rings. The minimum atomic E-state index is -0.0363. The van der Waals surface area contributed by atoms with E-state index in [4.69, 9.17) is 4.74 Å². The van der Waals surface area contributed by atoms with E-state index in [0.29, 0.717) is 18.0 Å². The molecule has 28 heavy (non-hydrogen) atoms. The summed E-state index contributed by atoms with van der Waals surface area (Å²) in [5.74, 6) is 1.35. The minimum absolute atomic E-state index is 0.0363. The molecule has 2 unspecified atom stereocenters. The SMILES string of the molecule is CC(CC1CCN(C(C)(C)C2CCCN(C(C)C)C2=O)CC1)N1CCOCC1. The highest BCUT2D eigenvalue weighted by Crippen LogP contribution is 2.36. The third-order valence-corrected chi connectivity index (χ3v) is 7.72. The fourth-order valence-electron chi connectivity index (χ4n) is 5.68. The molecule has 0 aliphatic carbocycles. The smallest absolute Gasteiger partial charge is 0.227 e. The van der Waals surface area contributed by atoms with Gasteiger partial charge in [0.1, 0.15) is 0 Å². The van der Waals surface area contributed by atoms with Crippen LogP contribution in [-0.2, 0) is 9.53 Å². The number of carbonyl (C=O) groups is 1. The number of rotatable bonds is 6. The summed E-state index contributed by atoms with van der Waals surface area (Å²) in [5.41, 5.74) is -0.0363. The van der Waals surface area contributed by atoms with Crippen molar-refractivity contribution >= 4 is 5.91 Å². The maximum atomic E-state index is 13.1. The first-order chi connectivity index (χ1) is 13.3. The lowest BCUT2D eigenvalue weighted by Crippen LogP contribution is -2.59. The van der Waals surface area contributed by atoms with Crippen molar-refractivity contribution in [2.45, 2.75) is 84.3 Å². The van der Waals surface area contributed by atoms with Gasteiger partial charge in [-0.3, -0.25) is 14.6 Å². The average Bonchev–Trinajstić information content (AvgIpc) is 2.69. The Hall–Kier alpha value is -0.650. The zero-order chi connectivity index (χ0) is 20.3. The molecule has 5 heteroatoms. The summed E-state index contributed by atoms with van der Waals surface area (Å²) in [6.07, 6.45) is 6.03. The van der Waals surface area contributed by atoms with Crippen LogP contribution in [0.5, 0.6) is 0 Å². The molecule has 0 spiro atoms. The molecule has 3 fully saturated rings. The molecule has 0 bridgehead atoms. The van der Waals surface area contributed by atoms with Gasteiger partial charge >= 0.3 is 0 Å². The maximum absolute atomic E-state index is 13.1. The molecule has 5 nitrogen and oxygen atoms in total. The van der Waals surface area contributed by atoms with Gasteiger partial charge in [0.15, 0.2) is 0 Å². The largest absolute Gasteiger partial charge is 0.379 e. The Labute approximate surface area is 172 Å². The molecule has 0 aromatic heterocycles. The summed E-state index contributed by atoms with van der Waals surface area (Å²) >= 11 is 0. The van der Waals surface area contributed by atoms with E-state index in [2.05, 4.69) is 49.3 Å². The van der Waals surface area contributed by atoms with E-state index in [1.54, 1.807) is 0 Å². The number of morpholine rings is 1. The predicted molar refractivity (Wildman–Crippen MR) is 114 cm³/mol. The standard InChI is InChI=1S/C23H43N3O2/c1-18(2)26-10-6-7-21(22(26)27)23(4,5)25-11-8-20(9-12-25)17-19(3)24-13-15-28-16-14-24/h18-21H,6-17H2,1-5H3. The molecule has 162 valence electrons. The zero-order valence-electron chi connectivity index (χ0n) is 19.0. The second-order valence-corrected chi connectivity index (χ2v) is 10.1. The van der Waals surface area contributed by atoms with Crippen molar-refractivity contribution in [1.29, 1.82) is 0 Å². The van der Waals surface area contributed by atoms with Gasteiger partial charge in [-0.25, -0.2) is 0 Å². The van der Waals surface area contributed by atoms with Crippen LogP contribution in [0.4, 0.5) is 0 Å². The van der Waals surface area contributed by atoms with Gasteiger partial charge in [0.2, 0.25) is 5.91 Å². The first kappa shape index (κ1) is 22.0. The molecule has 2 atom stereocenters.